The predicted octanol–water partition coefficient (Wildman–Crippen LogP) is 3.66. The van der Waals surface area contributed by atoms with Crippen LogP contribution < -0.4 is 14.8 Å². The molecule has 8 heteroatoms. The van der Waals surface area contributed by atoms with Crippen molar-refractivity contribution in [3.8, 4) is 11.5 Å². The number of sulfone groups is 1. The number of carbonyl (C=O) groups excluding carboxylic acids is 1. The highest BCUT2D eigenvalue weighted by atomic mass is 32.2. The van der Waals surface area contributed by atoms with Crippen LogP contribution in [0.2, 0.25) is 0 Å². The number of rotatable bonds is 5. The van der Waals surface area contributed by atoms with Gasteiger partial charge in [-0.2, -0.15) is 0 Å². The van der Waals surface area contributed by atoms with Crippen LogP contribution in [-0.2, 0) is 24.8 Å². The lowest BCUT2D eigenvalue weighted by Crippen LogP contribution is -2.18. The third-order valence-electron chi connectivity index (χ3n) is 4.62. The van der Waals surface area contributed by atoms with Crippen LogP contribution >= 0.6 is 0 Å². The topological polar surface area (TPSA) is 90.9 Å². The summed E-state index contributed by atoms with van der Waals surface area (Å²) >= 11 is 0. The third kappa shape index (κ3) is 4.59. The molecule has 1 aliphatic rings. The lowest BCUT2D eigenvalue weighted by atomic mass is 9.87. The normalized spacial score (nSPS) is 14.2. The van der Waals surface area contributed by atoms with E-state index in [4.69, 9.17) is 14.2 Å². The van der Waals surface area contributed by atoms with E-state index >= 15 is 0 Å². The van der Waals surface area contributed by atoms with Gasteiger partial charge in [0, 0.05) is 18.0 Å². The Hall–Kier alpha value is -3.00. The highest BCUT2D eigenvalue weighted by Gasteiger charge is 2.28. The number of hydrogen-bond acceptors (Lipinski definition) is 7. The van der Waals surface area contributed by atoms with Gasteiger partial charge < -0.3 is 19.5 Å². The zero-order chi connectivity index (χ0) is 21.9. The molecule has 30 heavy (non-hydrogen) atoms. The number of fused-ring (bicyclic) bond motifs is 1. The number of anilines is 1. The molecule has 0 spiro atoms. The van der Waals surface area contributed by atoms with Gasteiger partial charge in [0.1, 0.15) is 13.2 Å². The first kappa shape index (κ1) is 21.7. The second kappa shape index (κ2) is 8.39. The summed E-state index contributed by atoms with van der Waals surface area (Å²) in [7, 11) is -2.96. The van der Waals surface area contributed by atoms with Crippen molar-refractivity contribution in [2.24, 2.45) is 0 Å². The van der Waals surface area contributed by atoms with Gasteiger partial charge in [0.05, 0.1) is 12.0 Å². The van der Waals surface area contributed by atoms with Crippen molar-refractivity contribution in [1.29, 1.82) is 0 Å². The molecule has 2 aromatic carbocycles. The smallest absolute Gasteiger partial charge is 0.351 e. The van der Waals surface area contributed by atoms with E-state index in [2.05, 4.69) is 5.32 Å². The Kier molecular flexibility index (Phi) is 6.07. The van der Waals surface area contributed by atoms with E-state index in [9.17, 15) is 13.2 Å². The first-order chi connectivity index (χ1) is 14.1. The Morgan fingerprint density at radius 2 is 1.67 bits per heavy atom. The first-order valence-electron chi connectivity index (χ1n) is 9.43. The number of ether oxygens (including phenoxy) is 3. The van der Waals surface area contributed by atoms with E-state index in [0.717, 1.165) is 18.9 Å². The molecule has 0 fully saturated rings. The Labute approximate surface area is 176 Å². The summed E-state index contributed by atoms with van der Waals surface area (Å²) in [5.74, 6) is 0.190. The molecule has 0 saturated carbocycles. The molecule has 0 aromatic heterocycles. The number of benzene rings is 2. The van der Waals surface area contributed by atoms with E-state index in [0.29, 0.717) is 30.4 Å². The van der Waals surface area contributed by atoms with Gasteiger partial charge in [-0.3, -0.25) is 0 Å². The molecular weight excluding hydrogens is 406 g/mol. The molecular formula is C22H25NO6S. The summed E-state index contributed by atoms with van der Waals surface area (Å²) in [6.07, 6.45) is 1.13. The fourth-order valence-electron chi connectivity index (χ4n) is 2.89. The molecule has 7 nitrogen and oxygen atoms in total. The summed E-state index contributed by atoms with van der Waals surface area (Å²) in [5, 5.41) is 2.84. The van der Waals surface area contributed by atoms with Gasteiger partial charge in [0.15, 0.2) is 16.4 Å². The van der Waals surface area contributed by atoms with E-state index in [1.165, 1.54) is 12.1 Å². The van der Waals surface area contributed by atoms with Crippen molar-refractivity contribution in [2.45, 2.75) is 31.1 Å². The fraction of sp³-hybridized carbons (Fsp3) is 0.318. The summed E-state index contributed by atoms with van der Waals surface area (Å²) in [6, 6.07) is 11.6. The number of hydrogen-bond donors (Lipinski definition) is 1. The average molecular weight is 432 g/mol. The van der Waals surface area contributed by atoms with Crippen LogP contribution in [0.25, 0.3) is 0 Å². The number of carbonyl (C=O) groups is 1. The zero-order valence-electron chi connectivity index (χ0n) is 17.4. The van der Waals surface area contributed by atoms with E-state index in [-0.39, 0.29) is 10.3 Å². The van der Waals surface area contributed by atoms with Crippen LogP contribution in [0.15, 0.2) is 58.5 Å². The Morgan fingerprint density at radius 1 is 1.03 bits per heavy atom. The zero-order valence-corrected chi connectivity index (χ0v) is 18.2. The number of nitrogens with one attached hydrogen (secondary N) is 1. The average Bonchev–Trinajstić information content (AvgIpc) is 2.73. The molecule has 0 unspecified atom stereocenters. The van der Waals surface area contributed by atoms with Crippen LogP contribution in [0.5, 0.6) is 11.5 Å². The van der Waals surface area contributed by atoms with Crippen molar-refractivity contribution in [3.05, 3.63) is 59.1 Å². The lowest BCUT2D eigenvalue weighted by molar-refractivity contribution is -0.135. The quantitative estimate of drug-likeness (QED) is 0.571. The Bertz CT molecular complexity index is 1070. The largest absolute Gasteiger partial charge is 0.486 e. The molecule has 0 atom stereocenters. The van der Waals surface area contributed by atoms with Crippen molar-refractivity contribution < 1.29 is 27.4 Å². The fourth-order valence-corrected chi connectivity index (χ4v) is 4.16. The molecule has 2 aromatic rings. The second-order valence-electron chi connectivity index (χ2n) is 7.78. The summed E-state index contributed by atoms with van der Waals surface area (Å²) < 4.78 is 41.9. The van der Waals surface area contributed by atoms with Gasteiger partial charge in [0.2, 0.25) is 9.84 Å². The highest BCUT2D eigenvalue weighted by Crippen LogP contribution is 2.33. The lowest BCUT2D eigenvalue weighted by Gasteiger charge is -2.19. The van der Waals surface area contributed by atoms with E-state index < -0.39 is 20.7 Å². The minimum Gasteiger partial charge on any atom is -0.486 e. The molecule has 0 amide bonds. The molecule has 0 radical (unpaired) electrons. The number of esters is 1. The van der Waals surface area contributed by atoms with Gasteiger partial charge in [-0.15, -0.1) is 0 Å². The minimum atomic E-state index is -4.09. The van der Waals surface area contributed by atoms with Crippen molar-refractivity contribution >= 4 is 21.5 Å². The van der Waals surface area contributed by atoms with Gasteiger partial charge in [-0.25, -0.2) is 13.2 Å². The summed E-state index contributed by atoms with van der Waals surface area (Å²) in [5.41, 5.74) is 1.40. The minimum absolute atomic E-state index is 0.0103. The maximum Gasteiger partial charge on any atom is 0.351 e. The second-order valence-corrected chi connectivity index (χ2v) is 9.70. The van der Waals surface area contributed by atoms with E-state index in [1.54, 1.807) is 30.3 Å². The maximum absolute atomic E-state index is 13.1. The van der Waals surface area contributed by atoms with Gasteiger partial charge >= 0.3 is 5.97 Å². The molecule has 1 aliphatic heterocycles. The van der Waals surface area contributed by atoms with Gasteiger partial charge in [-0.1, -0.05) is 32.9 Å². The molecule has 0 saturated heterocycles. The Balaban J connectivity index is 1.92. The summed E-state index contributed by atoms with van der Waals surface area (Å²) in [6.45, 7) is 7.01. The van der Waals surface area contributed by atoms with Gasteiger partial charge in [-0.05, 0) is 35.2 Å². The van der Waals surface area contributed by atoms with Crippen LogP contribution in [0.4, 0.5) is 5.69 Å². The molecule has 0 aliphatic carbocycles. The molecule has 1 N–H and O–H groups in total. The van der Waals surface area contributed by atoms with Gasteiger partial charge in [0.25, 0.3) is 0 Å². The molecule has 0 bridgehead atoms. The van der Waals surface area contributed by atoms with Crippen LogP contribution in [0.1, 0.15) is 26.3 Å². The molecule has 1 heterocycles. The molecule has 3 rings (SSSR count). The first-order valence-corrected chi connectivity index (χ1v) is 10.9. The predicted molar refractivity (Wildman–Crippen MR) is 113 cm³/mol. The Morgan fingerprint density at radius 3 is 2.27 bits per heavy atom. The number of methoxy groups -OCH3 is 1. The standard InChI is InChI=1S/C22H25NO6S/c1-22(2,3)15-5-8-17(9-6-15)30(25,26)20(21(24)27-4)14-23-16-7-10-18-19(13-16)29-12-11-28-18/h5-10,13-14,23H,11-12H2,1-4H3/b20-14+. The van der Waals surface area contributed by atoms with Crippen molar-refractivity contribution in [3.63, 3.8) is 0 Å². The maximum atomic E-state index is 13.1. The highest BCUT2D eigenvalue weighted by molar-refractivity contribution is 7.96. The van der Waals surface area contributed by atoms with Crippen LogP contribution in [-0.4, -0.2) is 34.7 Å². The monoisotopic (exact) mass is 431 g/mol. The van der Waals surface area contributed by atoms with Crippen molar-refractivity contribution in [2.75, 3.05) is 25.6 Å². The van der Waals surface area contributed by atoms with E-state index in [1.807, 2.05) is 20.8 Å². The van der Waals surface area contributed by atoms with Crippen molar-refractivity contribution in [1.82, 2.24) is 0 Å². The van der Waals surface area contributed by atoms with Crippen LogP contribution in [0, 0.1) is 0 Å². The SMILES string of the molecule is COC(=O)/C(=C\Nc1ccc2c(c1)OCCO2)S(=O)(=O)c1ccc(C(C)(C)C)cc1. The molecule has 160 valence electrons. The summed E-state index contributed by atoms with van der Waals surface area (Å²) in [4.78, 5) is 11.8. The van der Waals surface area contributed by atoms with Crippen LogP contribution in [0.3, 0.4) is 0 Å². The third-order valence-corrected chi connectivity index (χ3v) is 6.38.